The van der Waals surface area contributed by atoms with Crippen molar-refractivity contribution in [2.75, 3.05) is 25.0 Å². The number of halogens is 1. The molecular weight excluding hydrogens is 409 g/mol. The summed E-state index contributed by atoms with van der Waals surface area (Å²) in [4.78, 5) is 19.3. The van der Waals surface area contributed by atoms with Crippen LogP contribution in [0.3, 0.4) is 0 Å². The van der Waals surface area contributed by atoms with E-state index in [4.69, 9.17) is 4.74 Å². The van der Waals surface area contributed by atoms with Gasteiger partial charge in [-0.3, -0.25) is 9.48 Å². The van der Waals surface area contributed by atoms with Crippen LogP contribution in [-0.4, -0.2) is 45.3 Å². The molecule has 3 aromatic rings. The quantitative estimate of drug-likeness (QED) is 0.606. The van der Waals surface area contributed by atoms with Crippen molar-refractivity contribution in [3.63, 3.8) is 0 Å². The minimum atomic E-state index is -0.267. The molecule has 1 aliphatic rings. The van der Waals surface area contributed by atoms with Crippen LogP contribution in [0.15, 0.2) is 48.5 Å². The van der Waals surface area contributed by atoms with Crippen LogP contribution in [0.1, 0.15) is 35.9 Å². The highest BCUT2D eigenvalue weighted by molar-refractivity contribution is 5.76. The molecule has 8 heteroatoms. The molecule has 4 rings (SSSR count). The minimum absolute atomic E-state index is 0.110. The lowest BCUT2D eigenvalue weighted by atomic mass is 10.1. The Kier molecular flexibility index (Phi) is 6.80. The molecule has 0 aliphatic carbocycles. The summed E-state index contributed by atoms with van der Waals surface area (Å²) < 4.78 is 20.7. The molecule has 7 nitrogen and oxygen atoms in total. The number of nitrogens with one attached hydrogen (secondary N) is 1. The van der Waals surface area contributed by atoms with Gasteiger partial charge >= 0.3 is 0 Å². The zero-order valence-corrected chi connectivity index (χ0v) is 18.4. The van der Waals surface area contributed by atoms with Crippen molar-refractivity contribution in [1.82, 2.24) is 19.7 Å². The fourth-order valence-corrected chi connectivity index (χ4v) is 3.76. The van der Waals surface area contributed by atoms with Gasteiger partial charge < -0.3 is 15.0 Å². The highest BCUT2D eigenvalue weighted by atomic mass is 19.1. The fourth-order valence-electron chi connectivity index (χ4n) is 3.76. The van der Waals surface area contributed by atoms with E-state index in [-0.39, 0.29) is 17.8 Å². The van der Waals surface area contributed by atoms with Crippen LogP contribution in [0, 0.1) is 12.7 Å². The van der Waals surface area contributed by atoms with E-state index < -0.39 is 0 Å². The Bertz CT molecular complexity index is 1050. The van der Waals surface area contributed by atoms with Crippen molar-refractivity contribution in [1.29, 1.82) is 0 Å². The third kappa shape index (κ3) is 5.50. The van der Waals surface area contributed by atoms with Gasteiger partial charge in [0.05, 0.1) is 18.8 Å². The van der Waals surface area contributed by atoms with E-state index in [2.05, 4.69) is 15.4 Å². The standard InChI is InChI=1S/C24H28FN5O2/c1-17-15-23(28-29(17)2)27-22-7-4-6-20(26-22)21-16-30(13-14-32-21)24(31)8-3-5-18-9-11-19(25)12-10-18/h4,6-7,9-12,15,21H,3,5,8,13-14,16H2,1-2H3,(H,26,27,28). The van der Waals surface area contributed by atoms with Crippen LogP contribution in [0.5, 0.6) is 0 Å². The van der Waals surface area contributed by atoms with E-state index in [0.717, 1.165) is 35.6 Å². The van der Waals surface area contributed by atoms with Crippen molar-refractivity contribution in [3.05, 3.63) is 71.3 Å². The number of benzene rings is 1. The van der Waals surface area contributed by atoms with Gasteiger partial charge in [-0.1, -0.05) is 18.2 Å². The summed E-state index contributed by atoms with van der Waals surface area (Å²) in [5.41, 5.74) is 2.87. The molecule has 0 bridgehead atoms. The average molecular weight is 438 g/mol. The topological polar surface area (TPSA) is 72.3 Å². The summed E-state index contributed by atoms with van der Waals surface area (Å²) in [6.07, 6.45) is 1.67. The first kappa shape index (κ1) is 22.0. The first-order valence-electron chi connectivity index (χ1n) is 10.9. The summed E-state index contributed by atoms with van der Waals surface area (Å²) in [5, 5.41) is 7.62. The van der Waals surface area contributed by atoms with Crippen molar-refractivity contribution in [2.24, 2.45) is 7.05 Å². The second-order valence-electron chi connectivity index (χ2n) is 8.05. The maximum atomic E-state index is 13.0. The molecule has 168 valence electrons. The first-order chi connectivity index (χ1) is 15.5. The number of ether oxygens (including phenoxy) is 1. The van der Waals surface area contributed by atoms with Crippen LogP contribution in [0.25, 0.3) is 0 Å². The van der Waals surface area contributed by atoms with Gasteiger partial charge in [-0.05, 0) is 49.6 Å². The monoisotopic (exact) mass is 437 g/mol. The normalized spacial score (nSPS) is 16.2. The molecule has 2 aromatic heterocycles. The highest BCUT2D eigenvalue weighted by Crippen LogP contribution is 2.24. The average Bonchev–Trinajstić information content (AvgIpc) is 3.12. The molecule has 1 aliphatic heterocycles. The fraction of sp³-hybridized carbons (Fsp3) is 0.375. The second kappa shape index (κ2) is 9.91. The molecule has 0 spiro atoms. The van der Waals surface area contributed by atoms with Crippen molar-refractivity contribution in [3.8, 4) is 0 Å². The summed E-state index contributed by atoms with van der Waals surface area (Å²) in [6, 6.07) is 14.1. The Balaban J connectivity index is 1.32. The third-order valence-corrected chi connectivity index (χ3v) is 5.66. The number of nitrogens with zero attached hydrogens (tertiary/aromatic N) is 4. The Morgan fingerprint density at radius 1 is 1.22 bits per heavy atom. The van der Waals surface area contributed by atoms with E-state index >= 15 is 0 Å². The van der Waals surface area contributed by atoms with Gasteiger partial charge in [0.25, 0.3) is 0 Å². The lowest BCUT2D eigenvalue weighted by Gasteiger charge is -2.33. The number of hydrogen-bond acceptors (Lipinski definition) is 5. The Hall–Kier alpha value is -3.26. The molecular formula is C24H28FN5O2. The number of carbonyl (C=O) groups is 1. The minimum Gasteiger partial charge on any atom is -0.368 e. The van der Waals surface area contributed by atoms with Gasteiger partial charge in [-0.15, -0.1) is 0 Å². The Morgan fingerprint density at radius 3 is 2.78 bits per heavy atom. The molecule has 3 heterocycles. The summed E-state index contributed by atoms with van der Waals surface area (Å²) in [5.74, 6) is 1.29. The Morgan fingerprint density at radius 2 is 2.03 bits per heavy atom. The van der Waals surface area contributed by atoms with Crippen molar-refractivity contribution >= 4 is 17.5 Å². The number of rotatable bonds is 7. The molecule has 1 aromatic carbocycles. The van der Waals surface area contributed by atoms with Gasteiger partial charge in [0, 0.05) is 31.8 Å². The van der Waals surface area contributed by atoms with Gasteiger partial charge in [0.15, 0.2) is 5.82 Å². The summed E-state index contributed by atoms with van der Waals surface area (Å²) >= 11 is 0. The molecule has 1 unspecified atom stereocenters. The predicted molar refractivity (Wildman–Crippen MR) is 120 cm³/mol. The summed E-state index contributed by atoms with van der Waals surface area (Å²) in [6.45, 7) is 3.53. The number of aromatic nitrogens is 3. The maximum Gasteiger partial charge on any atom is 0.222 e. The number of morpholine rings is 1. The SMILES string of the molecule is Cc1cc(Nc2cccc(C3CN(C(=O)CCCc4ccc(F)cc4)CCO3)n2)nn1C. The van der Waals surface area contributed by atoms with Crippen molar-refractivity contribution < 1.29 is 13.9 Å². The number of carbonyl (C=O) groups excluding carboxylic acids is 1. The van der Waals surface area contributed by atoms with Gasteiger partial charge in [-0.25, -0.2) is 9.37 Å². The maximum absolute atomic E-state index is 13.0. The smallest absolute Gasteiger partial charge is 0.222 e. The largest absolute Gasteiger partial charge is 0.368 e. The van der Waals surface area contributed by atoms with E-state index in [1.165, 1.54) is 12.1 Å². The van der Waals surface area contributed by atoms with Crippen LogP contribution in [0.2, 0.25) is 0 Å². The van der Waals surface area contributed by atoms with Gasteiger partial charge in [0.2, 0.25) is 5.91 Å². The lowest BCUT2D eigenvalue weighted by molar-refractivity contribution is -0.139. The summed E-state index contributed by atoms with van der Waals surface area (Å²) in [7, 11) is 1.89. The number of aryl methyl sites for hydroxylation is 3. The van der Waals surface area contributed by atoms with Crippen molar-refractivity contribution in [2.45, 2.75) is 32.3 Å². The van der Waals surface area contributed by atoms with E-state index in [0.29, 0.717) is 31.9 Å². The van der Waals surface area contributed by atoms with Gasteiger partial charge in [-0.2, -0.15) is 5.10 Å². The van der Waals surface area contributed by atoms with E-state index in [9.17, 15) is 9.18 Å². The van der Waals surface area contributed by atoms with Crippen LogP contribution < -0.4 is 5.32 Å². The molecule has 1 amide bonds. The number of anilines is 2. The predicted octanol–water partition coefficient (Wildman–Crippen LogP) is 3.93. The molecule has 1 saturated heterocycles. The van der Waals surface area contributed by atoms with Gasteiger partial charge in [0.1, 0.15) is 17.7 Å². The third-order valence-electron chi connectivity index (χ3n) is 5.66. The Labute approximate surface area is 187 Å². The van der Waals surface area contributed by atoms with Crippen LogP contribution in [0.4, 0.5) is 16.0 Å². The van der Waals surface area contributed by atoms with E-state index in [1.54, 1.807) is 16.8 Å². The van der Waals surface area contributed by atoms with Crippen LogP contribution in [-0.2, 0) is 23.0 Å². The zero-order chi connectivity index (χ0) is 22.5. The highest BCUT2D eigenvalue weighted by Gasteiger charge is 2.26. The number of hydrogen-bond donors (Lipinski definition) is 1. The molecule has 1 N–H and O–H groups in total. The molecule has 1 fully saturated rings. The zero-order valence-electron chi connectivity index (χ0n) is 18.4. The lowest BCUT2D eigenvalue weighted by Crippen LogP contribution is -2.42. The molecule has 0 saturated carbocycles. The molecule has 0 radical (unpaired) electrons. The first-order valence-corrected chi connectivity index (χ1v) is 10.9. The van der Waals surface area contributed by atoms with Crippen LogP contribution >= 0.6 is 0 Å². The molecule has 32 heavy (non-hydrogen) atoms. The number of pyridine rings is 1. The molecule has 1 atom stereocenters. The second-order valence-corrected chi connectivity index (χ2v) is 8.05. The number of amides is 1. The van der Waals surface area contributed by atoms with E-state index in [1.807, 2.05) is 43.1 Å².